The fraction of sp³-hybridized carbons (Fsp3) is 0.294. The summed E-state index contributed by atoms with van der Waals surface area (Å²) < 4.78 is 5.68. The molecule has 20 heavy (non-hydrogen) atoms. The van der Waals surface area contributed by atoms with E-state index >= 15 is 0 Å². The number of thioether (sulfide) groups is 1. The van der Waals surface area contributed by atoms with Gasteiger partial charge in [-0.25, -0.2) is 0 Å². The second-order valence-electron chi connectivity index (χ2n) is 4.89. The van der Waals surface area contributed by atoms with Gasteiger partial charge < -0.3 is 10.5 Å². The van der Waals surface area contributed by atoms with Crippen LogP contribution in [-0.2, 0) is 0 Å². The average molecular weight is 287 g/mol. The highest BCUT2D eigenvalue weighted by molar-refractivity contribution is 7.99. The van der Waals surface area contributed by atoms with Gasteiger partial charge in [0.05, 0.1) is 6.61 Å². The van der Waals surface area contributed by atoms with E-state index in [1.807, 2.05) is 36.0 Å². The molecule has 2 aromatic carbocycles. The van der Waals surface area contributed by atoms with E-state index in [0.717, 1.165) is 30.2 Å². The lowest BCUT2D eigenvalue weighted by molar-refractivity contribution is 0.319. The lowest BCUT2D eigenvalue weighted by Gasteiger charge is -2.08. The van der Waals surface area contributed by atoms with E-state index in [4.69, 9.17) is 10.5 Å². The van der Waals surface area contributed by atoms with Crippen molar-refractivity contribution >= 4 is 17.4 Å². The summed E-state index contributed by atoms with van der Waals surface area (Å²) in [6, 6.07) is 14.1. The van der Waals surface area contributed by atoms with Crippen molar-refractivity contribution in [3.63, 3.8) is 0 Å². The summed E-state index contributed by atoms with van der Waals surface area (Å²) in [6.45, 7) is 5.03. The highest BCUT2D eigenvalue weighted by Crippen LogP contribution is 2.23. The predicted molar refractivity (Wildman–Crippen MR) is 87.6 cm³/mol. The number of rotatable bonds is 6. The Balaban J connectivity index is 1.70. The molecule has 0 radical (unpaired) electrons. The molecule has 2 nitrogen and oxygen atoms in total. The molecule has 0 spiro atoms. The molecule has 0 unspecified atom stereocenters. The Labute approximate surface area is 125 Å². The monoisotopic (exact) mass is 287 g/mol. The van der Waals surface area contributed by atoms with Gasteiger partial charge in [-0.05, 0) is 56.2 Å². The van der Waals surface area contributed by atoms with E-state index in [1.165, 1.54) is 16.0 Å². The topological polar surface area (TPSA) is 35.2 Å². The minimum atomic E-state index is 0.738. The van der Waals surface area contributed by atoms with E-state index in [0.29, 0.717) is 0 Å². The number of anilines is 1. The van der Waals surface area contributed by atoms with Crippen molar-refractivity contribution in [2.24, 2.45) is 0 Å². The van der Waals surface area contributed by atoms with Gasteiger partial charge in [0.15, 0.2) is 0 Å². The molecule has 0 amide bonds. The number of nitrogen functional groups attached to an aromatic ring is 1. The Morgan fingerprint density at radius 3 is 2.50 bits per heavy atom. The molecule has 3 heteroatoms. The van der Waals surface area contributed by atoms with Crippen molar-refractivity contribution in [1.82, 2.24) is 0 Å². The standard InChI is InChI=1S/C17H21NOS/c1-13-4-9-17(14(2)12-13)20-11-3-10-19-16-7-5-15(18)6-8-16/h4-9,12H,3,10-11,18H2,1-2H3. The summed E-state index contributed by atoms with van der Waals surface area (Å²) in [7, 11) is 0. The van der Waals surface area contributed by atoms with Crippen molar-refractivity contribution in [3.05, 3.63) is 53.6 Å². The number of ether oxygens (including phenoxy) is 1. The third-order valence-corrected chi connectivity index (χ3v) is 4.29. The molecule has 106 valence electrons. The predicted octanol–water partition coefficient (Wildman–Crippen LogP) is 4.45. The van der Waals surface area contributed by atoms with Gasteiger partial charge in [-0.1, -0.05) is 17.7 Å². The molecule has 0 bridgehead atoms. The Hall–Kier alpha value is -1.61. The fourth-order valence-electron chi connectivity index (χ4n) is 1.96. The normalized spacial score (nSPS) is 10.5. The van der Waals surface area contributed by atoms with Crippen LogP contribution in [0.4, 0.5) is 5.69 Å². The van der Waals surface area contributed by atoms with Crippen LogP contribution in [0.3, 0.4) is 0 Å². The first-order valence-corrected chi connectivity index (χ1v) is 7.82. The summed E-state index contributed by atoms with van der Waals surface area (Å²) in [5, 5.41) is 0. The van der Waals surface area contributed by atoms with Gasteiger partial charge in [0.25, 0.3) is 0 Å². The van der Waals surface area contributed by atoms with Crippen LogP contribution in [-0.4, -0.2) is 12.4 Å². The molecule has 0 saturated heterocycles. The van der Waals surface area contributed by atoms with Crippen molar-refractivity contribution < 1.29 is 4.74 Å². The Morgan fingerprint density at radius 1 is 1.05 bits per heavy atom. The molecule has 0 aliphatic rings. The maximum atomic E-state index is 5.68. The van der Waals surface area contributed by atoms with Gasteiger partial charge in [0.1, 0.15) is 5.75 Å². The fourth-order valence-corrected chi connectivity index (χ4v) is 2.89. The summed E-state index contributed by atoms with van der Waals surface area (Å²) in [6.07, 6.45) is 1.03. The minimum absolute atomic E-state index is 0.738. The van der Waals surface area contributed by atoms with Gasteiger partial charge >= 0.3 is 0 Å². The first-order valence-electron chi connectivity index (χ1n) is 6.83. The number of nitrogens with two attached hydrogens (primary N) is 1. The van der Waals surface area contributed by atoms with Crippen LogP contribution in [0, 0.1) is 13.8 Å². The van der Waals surface area contributed by atoms with Crippen molar-refractivity contribution in [2.45, 2.75) is 25.2 Å². The third-order valence-electron chi connectivity index (χ3n) is 3.03. The summed E-state index contributed by atoms with van der Waals surface area (Å²) in [5.41, 5.74) is 9.07. The van der Waals surface area contributed by atoms with Crippen molar-refractivity contribution in [1.29, 1.82) is 0 Å². The van der Waals surface area contributed by atoms with Crippen LogP contribution in [0.25, 0.3) is 0 Å². The Kier molecular flexibility index (Phi) is 5.36. The number of aryl methyl sites for hydroxylation is 2. The maximum absolute atomic E-state index is 5.68. The molecule has 2 aromatic rings. The highest BCUT2D eigenvalue weighted by Gasteiger charge is 2.00. The molecule has 0 saturated carbocycles. The molecule has 2 N–H and O–H groups in total. The largest absolute Gasteiger partial charge is 0.494 e. The molecule has 2 rings (SSSR count). The highest BCUT2D eigenvalue weighted by atomic mass is 32.2. The minimum Gasteiger partial charge on any atom is -0.494 e. The molecule has 0 atom stereocenters. The molecule has 0 heterocycles. The van der Waals surface area contributed by atoms with Crippen molar-refractivity contribution in [2.75, 3.05) is 18.1 Å². The van der Waals surface area contributed by atoms with Crippen LogP contribution in [0.15, 0.2) is 47.4 Å². The third kappa shape index (κ3) is 4.49. The molecule has 0 aromatic heterocycles. The van der Waals surface area contributed by atoms with E-state index in [-0.39, 0.29) is 0 Å². The zero-order valence-corrected chi connectivity index (χ0v) is 12.9. The van der Waals surface area contributed by atoms with Crippen LogP contribution in [0.2, 0.25) is 0 Å². The Morgan fingerprint density at radius 2 is 1.80 bits per heavy atom. The average Bonchev–Trinajstić information content (AvgIpc) is 2.42. The summed E-state index contributed by atoms with van der Waals surface area (Å²) in [4.78, 5) is 1.36. The number of benzene rings is 2. The van der Waals surface area contributed by atoms with Crippen LogP contribution in [0.5, 0.6) is 5.75 Å². The molecule has 0 fully saturated rings. The quantitative estimate of drug-likeness (QED) is 0.484. The molecule has 0 aliphatic heterocycles. The van der Waals surface area contributed by atoms with Crippen LogP contribution in [0.1, 0.15) is 17.5 Å². The number of hydrogen-bond acceptors (Lipinski definition) is 3. The summed E-state index contributed by atoms with van der Waals surface area (Å²) in [5.74, 6) is 1.95. The van der Waals surface area contributed by atoms with Gasteiger partial charge in [-0.15, -0.1) is 11.8 Å². The van der Waals surface area contributed by atoms with Gasteiger partial charge in [-0.2, -0.15) is 0 Å². The number of hydrogen-bond donors (Lipinski definition) is 1. The van der Waals surface area contributed by atoms with Gasteiger partial charge in [0, 0.05) is 16.3 Å². The maximum Gasteiger partial charge on any atom is 0.119 e. The zero-order chi connectivity index (χ0) is 14.4. The SMILES string of the molecule is Cc1ccc(SCCCOc2ccc(N)cc2)c(C)c1. The molecular weight excluding hydrogens is 266 g/mol. The lowest BCUT2D eigenvalue weighted by atomic mass is 10.2. The molecule has 0 aliphatic carbocycles. The first-order chi connectivity index (χ1) is 9.65. The second-order valence-corrected chi connectivity index (χ2v) is 6.03. The van der Waals surface area contributed by atoms with Crippen LogP contribution < -0.4 is 10.5 Å². The second kappa shape index (κ2) is 7.25. The van der Waals surface area contributed by atoms with Gasteiger partial charge in [-0.3, -0.25) is 0 Å². The Bertz CT molecular complexity index is 551. The van der Waals surface area contributed by atoms with Crippen molar-refractivity contribution in [3.8, 4) is 5.75 Å². The van der Waals surface area contributed by atoms with E-state index in [9.17, 15) is 0 Å². The smallest absolute Gasteiger partial charge is 0.119 e. The van der Waals surface area contributed by atoms with E-state index in [2.05, 4.69) is 32.0 Å². The molecular formula is C17H21NOS. The van der Waals surface area contributed by atoms with Crippen LogP contribution >= 0.6 is 11.8 Å². The van der Waals surface area contributed by atoms with E-state index < -0.39 is 0 Å². The van der Waals surface area contributed by atoms with Gasteiger partial charge in [0.2, 0.25) is 0 Å². The first kappa shape index (κ1) is 14.8. The lowest BCUT2D eigenvalue weighted by Crippen LogP contribution is -1.99. The zero-order valence-electron chi connectivity index (χ0n) is 12.1. The van der Waals surface area contributed by atoms with E-state index in [1.54, 1.807) is 0 Å². The summed E-state index contributed by atoms with van der Waals surface area (Å²) >= 11 is 1.89.